The van der Waals surface area contributed by atoms with Crippen LogP contribution in [0.1, 0.15) is 34.1 Å². The molecule has 0 aliphatic rings. The van der Waals surface area contributed by atoms with Crippen LogP contribution in [-0.4, -0.2) is 23.0 Å². The Kier molecular flexibility index (Phi) is 4.40. The number of oxime groups is 1. The second-order valence-electron chi connectivity index (χ2n) is 4.42. The van der Waals surface area contributed by atoms with E-state index in [1.807, 2.05) is 27.7 Å². The quantitative estimate of drug-likeness (QED) is 0.271. The van der Waals surface area contributed by atoms with Crippen LogP contribution in [-0.2, 0) is 4.79 Å². The first-order valence-electron chi connectivity index (χ1n) is 4.53. The molecule has 0 radical (unpaired) electrons. The van der Waals surface area contributed by atoms with Crippen molar-refractivity contribution >= 4 is 11.7 Å². The number of nitrogens with one attached hydrogen (secondary N) is 1. The number of hydrogen-bond donors (Lipinski definition) is 3. The van der Waals surface area contributed by atoms with Crippen molar-refractivity contribution < 1.29 is 10.0 Å². The molecule has 0 heterocycles. The van der Waals surface area contributed by atoms with Crippen LogP contribution in [0.5, 0.6) is 0 Å². The van der Waals surface area contributed by atoms with Gasteiger partial charge in [0.25, 0.3) is 0 Å². The molecule has 5 nitrogen and oxygen atoms in total. The van der Waals surface area contributed by atoms with Gasteiger partial charge in [-0.25, -0.2) is 0 Å². The van der Waals surface area contributed by atoms with E-state index in [1.54, 1.807) is 0 Å². The van der Waals surface area contributed by atoms with Crippen LogP contribution >= 0.6 is 0 Å². The minimum absolute atomic E-state index is 0.000773. The number of rotatable bonds is 3. The third kappa shape index (κ3) is 4.69. The summed E-state index contributed by atoms with van der Waals surface area (Å²) in [5.74, 6) is -0.314. The van der Waals surface area contributed by atoms with E-state index in [0.717, 1.165) is 0 Å². The number of nitrogens with two attached hydrogens (primary N) is 1. The van der Waals surface area contributed by atoms with Crippen molar-refractivity contribution in [3.05, 3.63) is 0 Å². The van der Waals surface area contributed by atoms with Crippen LogP contribution in [0.4, 0.5) is 0 Å². The smallest absolute Gasteiger partial charge is 0.227 e. The minimum Gasteiger partial charge on any atom is -0.409 e. The molecule has 82 valence electrons. The van der Waals surface area contributed by atoms with Gasteiger partial charge in [-0.3, -0.25) is 4.79 Å². The molecule has 1 amide bonds. The van der Waals surface area contributed by atoms with Gasteiger partial charge in [-0.1, -0.05) is 25.9 Å². The van der Waals surface area contributed by atoms with Gasteiger partial charge in [0.1, 0.15) is 5.84 Å². The average Bonchev–Trinajstić information content (AvgIpc) is 2.02. The largest absolute Gasteiger partial charge is 0.409 e. The van der Waals surface area contributed by atoms with Gasteiger partial charge in [0.05, 0.1) is 6.42 Å². The molecular formula is C9H19N3O2. The molecule has 0 aliphatic carbocycles. The molecule has 0 bridgehead atoms. The third-order valence-corrected chi connectivity index (χ3v) is 2.15. The van der Waals surface area contributed by atoms with E-state index in [1.165, 1.54) is 0 Å². The minimum atomic E-state index is -0.234. The van der Waals surface area contributed by atoms with Crippen LogP contribution < -0.4 is 11.1 Å². The number of hydrogen-bond acceptors (Lipinski definition) is 3. The monoisotopic (exact) mass is 201 g/mol. The average molecular weight is 201 g/mol. The summed E-state index contributed by atoms with van der Waals surface area (Å²) >= 11 is 0. The molecule has 5 heteroatoms. The molecule has 0 aromatic heterocycles. The molecule has 0 saturated carbocycles. The molecule has 4 N–H and O–H groups in total. The standard InChI is InChI=1S/C9H19N3O2/c1-6(9(2,3)4)11-8(13)5-7(10)12-14/h6,14H,5H2,1-4H3,(H2,10,12)(H,11,13). The van der Waals surface area contributed by atoms with E-state index in [4.69, 9.17) is 10.9 Å². The van der Waals surface area contributed by atoms with Gasteiger partial charge in [-0.15, -0.1) is 0 Å². The predicted molar refractivity (Wildman–Crippen MR) is 55.1 cm³/mol. The fourth-order valence-electron chi connectivity index (χ4n) is 0.709. The van der Waals surface area contributed by atoms with Crippen LogP contribution in [0.25, 0.3) is 0 Å². The first-order chi connectivity index (χ1) is 6.27. The van der Waals surface area contributed by atoms with Crippen LogP contribution in [0.2, 0.25) is 0 Å². The lowest BCUT2D eigenvalue weighted by molar-refractivity contribution is -0.121. The van der Waals surface area contributed by atoms with Crippen LogP contribution in [0, 0.1) is 5.41 Å². The van der Waals surface area contributed by atoms with Crippen molar-refractivity contribution in [2.24, 2.45) is 16.3 Å². The summed E-state index contributed by atoms with van der Waals surface area (Å²) in [6, 6.07) is 0.0430. The van der Waals surface area contributed by atoms with E-state index < -0.39 is 0 Å². The van der Waals surface area contributed by atoms with Crippen molar-refractivity contribution in [2.45, 2.75) is 40.2 Å². The Balaban J connectivity index is 4.08. The highest BCUT2D eigenvalue weighted by molar-refractivity contribution is 5.98. The fourth-order valence-corrected chi connectivity index (χ4v) is 0.709. The number of carbonyl (C=O) groups is 1. The molecule has 0 spiro atoms. The van der Waals surface area contributed by atoms with E-state index >= 15 is 0 Å². The van der Waals surface area contributed by atoms with E-state index in [9.17, 15) is 4.79 Å². The summed E-state index contributed by atoms with van der Waals surface area (Å²) in [5.41, 5.74) is 5.20. The Morgan fingerprint density at radius 2 is 2.07 bits per heavy atom. The molecule has 0 rings (SSSR count). The van der Waals surface area contributed by atoms with Gasteiger partial charge >= 0.3 is 0 Å². The Bertz CT molecular complexity index is 231. The Labute approximate surface area is 84.4 Å². The molecule has 0 fully saturated rings. The van der Waals surface area contributed by atoms with E-state index in [2.05, 4.69) is 10.5 Å². The van der Waals surface area contributed by atoms with Crippen molar-refractivity contribution in [3.63, 3.8) is 0 Å². The number of nitrogens with zero attached hydrogens (tertiary/aromatic N) is 1. The highest BCUT2D eigenvalue weighted by Gasteiger charge is 2.21. The number of amides is 1. The lowest BCUT2D eigenvalue weighted by atomic mass is 9.88. The molecule has 1 unspecified atom stereocenters. The maximum absolute atomic E-state index is 11.3. The maximum atomic E-state index is 11.3. The van der Waals surface area contributed by atoms with E-state index in [0.29, 0.717) is 0 Å². The lowest BCUT2D eigenvalue weighted by Gasteiger charge is -2.27. The van der Waals surface area contributed by atoms with Crippen LogP contribution in [0.15, 0.2) is 5.16 Å². The normalized spacial score (nSPS) is 15.0. The van der Waals surface area contributed by atoms with Crippen molar-refractivity contribution in [3.8, 4) is 0 Å². The summed E-state index contributed by atoms with van der Waals surface area (Å²) in [6.07, 6.45) is -0.0725. The molecule has 0 aromatic rings. The zero-order valence-electron chi connectivity index (χ0n) is 9.16. The topological polar surface area (TPSA) is 87.7 Å². The van der Waals surface area contributed by atoms with E-state index in [-0.39, 0.29) is 29.6 Å². The first-order valence-corrected chi connectivity index (χ1v) is 4.53. The van der Waals surface area contributed by atoms with Crippen molar-refractivity contribution in [2.75, 3.05) is 0 Å². The number of carbonyl (C=O) groups excluding carboxylic acids is 1. The van der Waals surface area contributed by atoms with Gasteiger partial charge in [-0.2, -0.15) is 0 Å². The first kappa shape index (κ1) is 12.7. The maximum Gasteiger partial charge on any atom is 0.227 e. The lowest BCUT2D eigenvalue weighted by Crippen LogP contribution is -2.42. The van der Waals surface area contributed by atoms with Crippen molar-refractivity contribution in [1.29, 1.82) is 0 Å². The Morgan fingerprint density at radius 1 is 1.57 bits per heavy atom. The number of amidine groups is 1. The molecule has 1 atom stereocenters. The summed E-state index contributed by atoms with van der Waals surface area (Å²) in [5, 5.41) is 13.8. The van der Waals surface area contributed by atoms with Crippen molar-refractivity contribution in [1.82, 2.24) is 5.32 Å². The highest BCUT2D eigenvalue weighted by atomic mass is 16.4. The Morgan fingerprint density at radius 3 is 2.43 bits per heavy atom. The third-order valence-electron chi connectivity index (χ3n) is 2.15. The second kappa shape index (κ2) is 4.83. The van der Waals surface area contributed by atoms with Crippen LogP contribution in [0.3, 0.4) is 0 Å². The van der Waals surface area contributed by atoms with Gasteiger partial charge in [-0.05, 0) is 12.3 Å². The zero-order valence-corrected chi connectivity index (χ0v) is 9.16. The van der Waals surface area contributed by atoms with Gasteiger partial charge in [0.2, 0.25) is 5.91 Å². The SMILES string of the molecule is CC(NC(=O)CC(N)=NO)C(C)(C)C. The molecule has 14 heavy (non-hydrogen) atoms. The molecule has 0 aromatic carbocycles. The van der Waals surface area contributed by atoms with Gasteiger partial charge in [0, 0.05) is 6.04 Å². The second-order valence-corrected chi connectivity index (χ2v) is 4.42. The predicted octanol–water partition coefficient (Wildman–Crippen LogP) is 0.674. The Hall–Kier alpha value is -1.26. The molecular weight excluding hydrogens is 182 g/mol. The summed E-state index contributed by atoms with van der Waals surface area (Å²) in [4.78, 5) is 11.3. The molecule has 0 aliphatic heterocycles. The zero-order chi connectivity index (χ0) is 11.4. The summed E-state index contributed by atoms with van der Waals surface area (Å²) in [6.45, 7) is 8.01. The highest BCUT2D eigenvalue weighted by Crippen LogP contribution is 2.18. The van der Waals surface area contributed by atoms with Gasteiger partial charge < -0.3 is 16.3 Å². The summed E-state index contributed by atoms with van der Waals surface area (Å²) < 4.78 is 0. The molecule has 0 saturated heterocycles. The fraction of sp³-hybridized carbons (Fsp3) is 0.778. The van der Waals surface area contributed by atoms with Gasteiger partial charge in [0.15, 0.2) is 0 Å². The summed E-state index contributed by atoms with van der Waals surface area (Å²) in [7, 11) is 0.